The highest BCUT2D eigenvalue weighted by atomic mass is 32.2. The Bertz CT molecular complexity index is 900. The van der Waals surface area contributed by atoms with Crippen molar-refractivity contribution >= 4 is 21.6 Å². The summed E-state index contributed by atoms with van der Waals surface area (Å²) in [5.41, 5.74) is 0.664. The van der Waals surface area contributed by atoms with Gasteiger partial charge in [0.1, 0.15) is 0 Å². The maximum atomic E-state index is 13.3. The fraction of sp³-hybridized carbons (Fsp3) is 0.316. The zero-order valence-electron chi connectivity index (χ0n) is 15.2. The molecule has 2 aromatic carbocycles. The molecular formula is C19H22F2N2O3S. The molecule has 0 aromatic heterocycles. The van der Waals surface area contributed by atoms with E-state index in [4.69, 9.17) is 0 Å². The minimum Gasteiger partial charge on any atom is -0.339 e. The van der Waals surface area contributed by atoms with Gasteiger partial charge in [-0.1, -0.05) is 13.3 Å². The Morgan fingerprint density at radius 3 is 2.26 bits per heavy atom. The SMILES string of the molecule is CCCCN(CC)C(=O)c1ccc(NS(=O)(=O)c2ccc(F)c(F)c2)cc1. The number of nitrogens with one attached hydrogen (secondary N) is 1. The highest BCUT2D eigenvalue weighted by Crippen LogP contribution is 2.19. The summed E-state index contributed by atoms with van der Waals surface area (Å²) >= 11 is 0. The highest BCUT2D eigenvalue weighted by Gasteiger charge is 2.18. The van der Waals surface area contributed by atoms with Gasteiger partial charge in [-0.15, -0.1) is 0 Å². The first-order valence-corrected chi connectivity index (χ1v) is 10.1. The maximum Gasteiger partial charge on any atom is 0.261 e. The second-order valence-corrected chi connectivity index (χ2v) is 7.68. The first kappa shape index (κ1) is 20.8. The van der Waals surface area contributed by atoms with Gasteiger partial charge in [-0.25, -0.2) is 17.2 Å². The van der Waals surface area contributed by atoms with Crippen molar-refractivity contribution in [1.29, 1.82) is 0 Å². The highest BCUT2D eigenvalue weighted by molar-refractivity contribution is 7.92. The summed E-state index contributed by atoms with van der Waals surface area (Å²) in [6.07, 6.45) is 1.89. The minimum atomic E-state index is -4.07. The molecule has 0 spiro atoms. The summed E-state index contributed by atoms with van der Waals surface area (Å²) in [5.74, 6) is -2.49. The Morgan fingerprint density at radius 1 is 1.04 bits per heavy atom. The quantitative estimate of drug-likeness (QED) is 0.733. The van der Waals surface area contributed by atoms with E-state index < -0.39 is 26.6 Å². The molecule has 146 valence electrons. The number of benzene rings is 2. The standard InChI is InChI=1S/C19H22F2N2O3S/c1-3-5-12-23(4-2)19(24)14-6-8-15(9-7-14)22-27(25,26)16-10-11-17(20)18(21)13-16/h6-11,13,22H,3-5,12H2,1-2H3. The van der Waals surface area contributed by atoms with E-state index in [1.54, 1.807) is 4.90 Å². The van der Waals surface area contributed by atoms with Crippen molar-refractivity contribution in [1.82, 2.24) is 4.90 Å². The van der Waals surface area contributed by atoms with Gasteiger partial charge in [0, 0.05) is 24.3 Å². The summed E-state index contributed by atoms with van der Waals surface area (Å²) in [7, 11) is -4.07. The van der Waals surface area contributed by atoms with Crippen LogP contribution in [-0.2, 0) is 10.0 Å². The summed E-state index contributed by atoms with van der Waals surface area (Å²) in [5, 5.41) is 0. The molecule has 0 unspecified atom stereocenters. The zero-order chi connectivity index (χ0) is 20.0. The first-order chi connectivity index (χ1) is 12.8. The van der Waals surface area contributed by atoms with E-state index in [9.17, 15) is 22.0 Å². The molecule has 1 N–H and O–H groups in total. The molecule has 0 aliphatic carbocycles. The number of carbonyl (C=O) groups excluding carboxylic acids is 1. The van der Waals surface area contributed by atoms with Gasteiger partial charge in [0.2, 0.25) is 0 Å². The predicted molar refractivity (Wildman–Crippen MR) is 100 cm³/mol. The lowest BCUT2D eigenvalue weighted by atomic mass is 10.1. The van der Waals surface area contributed by atoms with Crippen molar-refractivity contribution in [2.45, 2.75) is 31.6 Å². The van der Waals surface area contributed by atoms with Crippen molar-refractivity contribution in [2.75, 3.05) is 17.8 Å². The normalized spacial score (nSPS) is 11.3. The van der Waals surface area contributed by atoms with Crippen molar-refractivity contribution in [3.8, 4) is 0 Å². The molecule has 27 heavy (non-hydrogen) atoms. The van der Waals surface area contributed by atoms with Crippen LogP contribution >= 0.6 is 0 Å². The van der Waals surface area contributed by atoms with E-state index in [0.717, 1.165) is 25.0 Å². The molecule has 0 bridgehead atoms. The third kappa shape index (κ3) is 5.26. The number of hydrogen-bond donors (Lipinski definition) is 1. The Hall–Kier alpha value is -2.48. The van der Waals surface area contributed by atoms with Crippen molar-refractivity contribution < 1.29 is 22.0 Å². The lowest BCUT2D eigenvalue weighted by Crippen LogP contribution is -2.31. The van der Waals surface area contributed by atoms with Crippen LogP contribution < -0.4 is 4.72 Å². The van der Waals surface area contributed by atoms with Crippen LogP contribution in [0.3, 0.4) is 0 Å². The molecular weight excluding hydrogens is 374 g/mol. The largest absolute Gasteiger partial charge is 0.339 e. The van der Waals surface area contributed by atoms with Crippen molar-refractivity contribution in [3.05, 3.63) is 59.7 Å². The average molecular weight is 396 g/mol. The topological polar surface area (TPSA) is 66.5 Å². The molecule has 0 saturated carbocycles. The van der Waals surface area contributed by atoms with Crippen LogP contribution in [0.5, 0.6) is 0 Å². The third-order valence-electron chi connectivity index (χ3n) is 4.04. The smallest absolute Gasteiger partial charge is 0.261 e. The molecule has 0 radical (unpaired) electrons. The van der Waals surface area contributed by atoms with Crippen LogP contribution in [0.4, 0.5) is 14.5 Å². The Morgan fingerprint density at radius 2 is 1.70 bits per heavy atom. The molecule has 0 fully saturated rings. The van der Waals surface area contributed by atoms with E-state index in [2.05, 4.69) is 4.72 Å². The minimum absolute atomic E-state index is 0.124. The van der Waals surface area contributed by atoms with E-state index in [0.29, 0.717) is 24.7 Å². The predicted octanol–water partition coefficient (Wildman–Crippen LogP) is 4.03. The molecule has 2 aromatic rings. The number of sulfonamides is 1. The number of anilines is 1. The van der Waals surface area contributed by atoms with Crippen LogP contribution in [0, 0.1) is 11.6 Å². The van der Waals surface area contributed by atoms with Gasteiger partial charge >= 0.3 is 0 Å². The lowest BCUT2D eigenvalue weighted by Gasteiger charge is -2.20. The first-order valence-electron chi connectivity index (χ1n) is 8.65. The molecule has 0 atom stereocenters. The van der Waals surface area contributed by atoms with Crippen molar-refractivity contribution in [3.63, 3.8) is 0 Å². The fourth-order valence-electron chi connectivity index (χ4n) is 2.47. The Balaban J connectivity index is 2.14. The maximum absolute atomic E-state index is 13.3. The second kappa shape index (κ2) is 8.94. The molecule has 0 saturated heterocycles. The molecule has 2 rings (SSSR count). The monoisotopic (exact) mass is 396 g/mol. The summed E-state index contributed by atoms with van der Waals surface area (Å²) in [6, 6.07) is 8.31. The van der Waals surface area contributed by atoms with Gasteiger partial charge in [-0.2, -0.15) is 0 Å². The molecule has 1 amide bonds. The van der Waals surface area contributed by atoms with Crippen LogP contribution in [0.25, 0.3) is 0 Å². The second-order valence-electron chi connectivity index (χ2n) is 6.00. The van der Waals surface area contributed by atoms with Crippen LogP contribution in [0.15, 0.2) is 47.4 Å². The summed E-state index contributed by atoms with van der Waals surface area (Å²) in [4.78, 5) is 13.8. The number of rotatable bonds is 8. The lowest BCUT2D eigenvalue weighted by molar-refractivity contribution is 0.0762. The molecule has 5 nitrogen and oxygen atoms in total. The number of nitrogens with zero attached hydrogens (tertiary/aromatic N) is 1. The Kier molecular flexibility index (Phi) is 6.90. The third-order valence-corrected chi connectivity index (χ3v) is 5.41. The van der Waals surface area contributed by atoms with Crippen LogP contribution in [0.1, 0.15) is 37.0 Å². The number of carbonyl (C=O) groups is 1. The molecule has 0 heterocycles. The fourth-order valence-corrected chi connectivity index (χ4v) is 3.54. The van der Waals surface area contributed by atoms with Gasteiger partial charge in [0.15, 0.2) is 11.6 Å². The Labute approximate surface area is 158 Å². The summed E-state index contributed by atoms with van der Waals surface area (Å²) in [6.45, 7) is 5.20. The number of unbranched alkanes of at least 4 members (excludes halogenated alkanes) is 1. The van der Waals surface area contributed by atoms with E-state index in [1.807, 2.05) is 13.8 Å². The van der Waals surface area contributed by atoms with Gasteiger partial charge in [-0.05, 0) is 55.8 Å². The molecule has 8 heteroatoms. The number of hydrogen-bond acceptors (Lipinski definition) is 3. The van der Waals surface area contributed by atoms with Gasteiger partial charge in [-0.3, -0.25) is 9.52 Å². The van der Waals surface area contributed by atoms with Gasteiger partial charge in [0.05, 0.1) is 4.90 Å². The van der Waals surface area contributed by atoms with Gasteiger partial charge in [0.25, 0.3) is 15.9 Å². The van der Waals surface area contributed by atoms with Crippen LogP contribution in [0.2, 0.25) is 0 Å². The number of halogens is 2. The average Bonchev–Trinajstić information content (AvgIpc) is 2.64. The van der Waals surface area contributed by atoms with E-state index >= 15 is 0 Å². The summed E-state index contributed by atoms with van der Waals surface area (Å²) < 4.78 is 53.1. The van der Waals surface area contributed by atoms with E-state index in [1.165, 1.54) is 24.3 Å². The van der Waals surface area contributed by atoms with Gasteiger partial charge < -0.3 is 4.90 Å². The molecule has 0 aliphatic rings. The van der Waals surface area contributed by atoms with Crippen LogP contribution in [-0.4, -0.2) is 32.3 Å². The molecule has 0 aliphatic heterocycles. The number of amides is 1. The van der Waals surface area contributed by atoms with Crippen molar-refractivity contribution in [2.24, 2.45) is 0 Å². The zero-order valence-corrected chi connectivity index (χ0v) is 16.0. The van der Waals surface area contributed by atoms with E-state index in [-0.39, 0.29) is 11.6 Å².